The maximum atomic E-state index is 4.33. The molecule has 138 valence electrons. The van der Waals surface area contributed by atoms with Crippen molar-refractivity contribution >= 4 is 16.9 Å². The molecule has 0 aliphatic carbocycles. The van der Waals surface area contributed by atoms with Gasteiger partial charge >= 0.3 is 0 Å². The third-order valence-electron chi connectivity index (χ3n) is 4.25. The van der Waals surface area contributed by atoms with Crippen LogP contribution in [0, 0.1) is 5.41 Å². The molecule has 0 saturated heterocycles. The largest absolute Gasteiger partial charge is 0.356 e. The number of benzene rings is 1. The molecule has 0 aliphatic rings. The van der Waals surface area contributed by atoms with E-state index in [0.717, 1.165) is 38.6 Å². The number of aryl methyl sites for hydroxylation is 1. The van der Waals surface area contributed by atoms with Crippen molar-refractivity contribution in [2.75, 3.05) is 40.8 Å². The van der Waals surface area contributed by atoms with E-state index in [4.69, 9.17) is 0 Å². The van der Waals surface area contributed by atoms with Gasteiger partial charge in [0.2, 0.25) is 0 Å². The molecule has 0 atom stereocenters. The van der Waals surface area contributed by atoms with Crippen molar-refractivity contribution in [3.63, 3.8) is 0 Å². The Kier molecular flexibility index (Phi) is 6.88. The van der Waals surface area contributed by atoms with Gasteiger partial charge in [-0.1, -0.05) is 32.0 Å². The average Bonchev–Trinajstić information content (AvgIpc) is 2.96. The highest BCUT2D eigenvalue weighted by molar-refractivity contribution is 5.80. The van der Waals surface area contributed by atoms with Crippen LogP contribution in [0.5, 0.6) is 0 Å². The lowest BCUT2D eigenvalue weighted by molar-refractivity contribution is 0.241. The van der Waals surface area contributed by atoms with Crippen LogP contribution in [-0.2, 0) is 6.54 Å². The Labute approximate surface area is 152 Å². The molecule has 0 aliphatic heterocycles. The average molecular weight is 344 g/mol. The van der Waals surface area contributed by atoms with Crippen LogP contribution in [0.1, 0.15) is 20.3 Å². The van der Waals surface area contributed by atoms with E-state index >= 15 is 0 Å². The van der Waals surface area contributed by atoms with Gasteiger partial charge in [-0.3, -0.25) is 4.99 Å². The number of nitrogens with one attached hydrogen (secondary N) is 2. The summed E-state index contributed by atoms with van der Waals surface area (Å²) < 4.78 is 2.31. The van der Waals surface area contributed by atoms with Crippen LogP contribution in [0.4, 0.5) is 0 Å². The molecule has 0 saturated carbocycles. The van der Waals surface area contributed by atoms with Gasteiger partial charge in [-0.15, -0.1) is 0 Å². The Morgan fingerprint density at radius 1 is 1.16 bits per heavy atom. The first-order chi connectivity index (χ1) is 11.9. The molecule has 2 aromatic rings. The van der Waals surface area contributed by atoms with Gasteiger partial charge in [-0.25, -0.2) is 0 Å². The van der Waals surface area contributed by atoms with Crippen molar-refractivity contribution in [3.8, 4) is 0 Å². The summed E-state index contributed by atoms with van der Waals surface area (Å²) in [6.07, 6.45) is 3.22. The Hall–Kier alpha value is -2.01. The Morgan fingerprint density at radius 2 is 1.92 bits per heavy atom. The molecule has 0 unspecified atom stereocenters. The van der Waals surface area contributed by atoms with Crippen molar-refractivity contribution < 1.29 is 0 Å². The highest BCUT2D eigenvalue weighted by Crippen LogP contribution is 2.15. The van der Waals surface area contributed by atoms with E-state index in [-0.39, 0.29) is 5.41 Å². The van der Waals surface area contributed by atoms with E-state index in [0.29, 0.717) is 0 Å². The molecule has 2 rings (SSSR count). The number of fused-ring (bicyclic) bond motifs is 1. The SMILES string of the molecule is CN=C(NCCCn1ccc2ccccc21)NCC(C)(C)CN(C)C. The highest BCUT2D eigenvalue weighted by atomic mass is 15.2. The number of hydrogen-bond acceptors (Lipinski definition) is 2. The minimum Gasteiger partial charge on any atom is -0.356 e. The Balaban J connectivity index is 1.74. The van der Waals surface area contributed by atoms with Gasteiger partial charge in [-0.05, 0) is 43.5 Å². The van der Waals surface area contributed by atoms with Crippen LogP contribution >= 0.6 is 0 Å². The van der Waals surface area contributed by atoms with Gasteiger partial charge in [0.25, 0.3) is 0 Å². The molecule has 1 aromatic carbocycles. The van der Waals surface area contributed by atoms with Crippen LogP contribution in [-0.4, -0.2) is 56.2 Å². The van der Waals surface area contributed by atoms with Gasteiger partial charge < -0.3 is 20.1 Å². The standard InChI is InChI=1S/C20H33N5/c1-20(2,16-24(4)5)15-23-19(21-3)22-12-8-13-25-14-11-17-9-6-7-10-18(17)25/h6-7,9-11,14H,8,12-13,15-16H2,1-5H3,(H2,21,22,23). The summed E-state index contributed by atoms with van der Waals surface area (Å²) in [6, 6.07) is 10.7. The van der Waals surface area contributed by atoms with E-state index in [1.807, 2.05) is 7.05 Å². The minimum absolute atomic E-state index is 0.200. The van der Waals surface area contributed by atoms with Crippen molar-refractivity contribution in [2.45, 2.75) is 26.8 Å². The zero-order valence-electron chi connectivity index (χ0n) is 16.3. The molecule has 0 amide bonds. The fraction of sp³-hybridized carbons (Fsp3) is 0.550. The molecule has 25 heavy (non-hydrogen) atoms. The van der Waals surface area contributed by atoms with Gasteiger partial charge in [0.1, 0.15) is 0 Å². The van der Waals surface area contributed by atoms with Crippen molar-refractivity contribution in [3.05, 3.63) is 36.5 Å². The summed E-state index contributed by atoms with van der Waals surface area (Å²) in [4.78, 5) is 6.55. The minimum atomic E-state index is 0.200. The molecule has 0 bridgehead atoms. The van der Waals surface area contributed by atoms with Crippen molar-refractivity contribution in [2.24, 2.45) is 10.4 Å². The lowest BCUT2D eigenvalue weighted by atomic mass is 9.93. The maximum absolute atomic E-state index is 4.33. The lowest BCUT2D eigenvalue weighted by Crippen LogP contribution is -2.45. The van der Waals surface area contributed by atoms with Crippen molar-refractivity contribution in [1.82, 2.24) is 20.1 Å². The van der Waals surface area contributed by atoms with Gasteiger partial charge in [0.15, 0.2) is 5.96 Å². The first kappa shape index (κ1) is 19.3. The van der Waals surface area contributed by atoms with E-state index < -0.39 is 0 Å². The molecule has 1 heterocycles. The quantitative estimate of drug-likeness (QED) is 0.440. The normalized spacial score (nSPS) is 12.8. The van der Waals surface area contributed by atoms with Crippen LogP contribution in [0.15, 0.2) is 41.5 Å². The first-order valence-electron chi connectivity index (χ1n) is 9.04. The van der Waals surface area contributed by atoms with Crippen LogP contribution in [0.2, 0.25) is 0 Å². The second-order valence-electron chi connectivity index (χ2n) is 7.68. The topological polar surface area (TPSA) is 44.6 Å². The van der Waals surface area contributed by atoms with E-state index in [1.165, 1.54) is 10.9 Å². The Morgan fingerprint density at radius 3 is 2.64 bits per heavy atom. The number of nitrogens with zero attached hydrogens (tertiary/aromatic N) is 3. The van der Waals surface area contributed by atoms with Crippen LogP contribution in [0.25, 0.3) is 10.9 Å². The third kappa shape index (κ3) is 6.09. The zero-order valence-corrected chi connectivity index (χ0v) is 16.3. The smallest absolute Gasteiger partial charge is 0.190 e. The van der Waals surface area contributed by atoms with E-state index in [2.05, 4.69) is 89.6 Å². The number of hydrogen-bond donors (Lipinski definition) is 2. The van der Waals surface area contributed by atoms with Crippen LogP contribution in [0.3, 0.4) is 0 Å². The third-order valence-corrected chi connectivity index (χ3v) is 4.25. The number of para-hydroxylation sites is 1. The summed E-state index contributed by atoms with van der Waals surface area (Å²) in [6.45, 7) is 8.38. The molecule has 2 N–H and O–H groups in total. The summed E-state index contributed by atoms with van der Waals surface area (Å²) >= 11 is 0. The molecular weight excluding hydrogens is 310 g/mol. The molecule has 5 heteroatoms. The fourth-order valence-electron chi connectivity index (χ4n) is 3.25. The molecule has 0 spiro atoms. The number of aliphatic imine (C=N–C) groups is 1. The molecule has 0 fully saturated rings. The van der Waals surface area contributed by atoms with E-state index in [1.54, 1.807) is 0 Å². The van der Waals surface area contributed by atoms with E-state index in [9.17, 15) is 0 Å². The predicted molar refractivity (Wildman–Crippen MR) is 108 cm³/mol. The summed E-state index contributed by atoms with van der Waals surface area (Å²) in [5.41, 5.74) is 1.50. The number of rotatable bonds is 8. The summed E-state index contributed by atoms with van der Waals surface area (Å²) in [5.74, 6) is 0.879. The highest BCUT2D eigenvalue weighted by Gasteiger charge is 2.19. The monoisotopic (exact) mass is 343 g/mol. The summed E-state index contributed by atoms with van der Waals surface area (Å²) in [7, 11) is 6.05. The lowest BCUT2D eigenvalue weighted by Gasteiger charge is -2.29. The zero-order chi connectivity index (χ0) is 18.3. The van der Waals surface area contributed by atoms with Gasteiger partial charge in [-0.2, -0.15) is 0 Å². The fourth-order valence-corrected chi connectivity index (χ4v) is 3.25. The predicted octanol–water partition coefficient (Wildman–Crippen LogP) is 2.78. The second-order valence-corrected chi connectivity index (χ2v) is 7.68. The number of guanidine groups is 1. The van der Waals surface area contributed by atoms with Crippen LogP contribution < -0.4 is 10.6 Å². The Bertz CT molecular complexity index is 684. The first-order valence-corrected chi connectivity index (χ1v) is 9.04. The molecular formula is C20H33N5. The van der Waals surface area contributed by atoms with Crippen molar-refractivity contribution in [1.29, 1.82) is 0 Å². The maximum Gasteiger partial charge on any atom is 0.190 e. The number of aromatic nitrogens is 1. The van der Waals surface area contributed by atoms with Gasteiger partial charge in [0, 0.05) is 44.9 Å². The molecule has 0 radical (unpaired) electrons. The van der Waals surface area contributed by atoms with Gasteiger partial charge in [0.05, 0.1) is 0 Å². The summed E-state index contributed by atoms with van der Waals surface area (Å²) in [5, 5.41) is 8.16. The molecule has 5 nitrogen and oxygen atoms in total. The second kappa shape index (κ2) is 8.90. The molecule has 1 aromatic heterocycles.